The highest BCUT2D eigenvalue weighted by Crippen LogP contribution is 2.16. The van der Waals surface area contributed by atoms with Crippen molar-refractivity contribution in [1.29, 1.82) is 0 Å². The van der Waals surface area contributed by atoms with Gasteiger partial charge in [0.2, 0.25) is 15.9 Å². The molecule has 0 fully saturated rings. The summed E-state index contributed by atoms with van der Waals surface area (Å²) < 4.78 is 24.1. The number of nitrogens with one attached hydrogen (secondary N) is 2. The average molecular weight is 323 g/mol. The molecule has 112 valence electrons. The van der Waals surface area contributed by atoms with Crippen LogP contribution in [0.3, 0.4) is 0 Å². The van der Waals surface area contributed by atoms with E-state index in [-0.39, 0.29) is 11.6 Å². The van der Waals surface area contributed by atoms with Gasteiger partial charge in [0.25, 0.3) is 0 Å². The molecule has 0 bridgehead atoms. The molecule has 0 aliphatic heterocycles. The number of aliphatic hydroxyl groups excluding tert-OH is 1. The summed E-state index contributed by atoms with van der Waals surface area (Å²) in [5.41, 5.74) is 0.292. The number of carbonyl (C=O) groups excluding carboxylic acids is 1. The highest BCUT2D eigenvalue weighted by atomic mass is 32.2. The lowest BCUT2D eigenvalue weighted by molar-refractivity contribution is -0.142. The van der Waals surface area contributed by atoms with E-state index in [0.29, 0.717) is 5.69 Å². The normalized spacial score (nSPS) is 12.7. The molecule has 1 heterocycles. The Kier molecular flexibility index (Phi) is 5.42. The van der Waals surface area contributed by atoms with Crippen LogP contribution < -0.4 is 10.0 Å². The van der Waals surface area contributed by atoms with Gasteiger partial charge in [-0.1, -0.05) is 0 Å². The van der Waals surface area contributed by atoms with Crippen LogP contribution in [0.1, 0.15) is 5.69 Å². The third kappa shape index (κ3) is 5.50. The Bertz CT molecular complexity index is 597. The molecule has 0 spiro atoms. The molecular weight excluding hydrogens is 310 g/mol. The second-order valence-electron chi connectivity index (χ2n) is 3.84. The van der Waals surface area contributed by atoms with Gasteiger partial charge in [-0.15, -0.1) is 11.3 Å². The Morgan fingerprint density at radius 2 is 2.15 bits per heavy atom. The van der Waals surface area contributed by atoms with E-state index >= 15 is 0 Å². The number of aromatic nitrogens is 1. The first-order valence-electron chi connectivity index (χ1n) is 5.26. The SMILES string of the molecule is CS(=O)(=O)Nc1nc(CC(=O)NC(CO)C(=O)O)cs1. The summed E-state index contributed by atoms with van der Waals surface area (Å²) in [7, 11) is -3.44. The number of sulfonamides is 1. The van der Waals surface area contributed by atoms with Crippen molar-refractivity contribution in [3.63, 3.8) is 0 Å². The van der Waals surface area contributed by atoms with Crippen LogP contribution in [-0.4, -0.2) is 54.4 Å². The summed E-state index contributed by atoms with van der Waals surface area (Å²) in [5.74, 6) is -1.98. The van der Waals surface area contributed by atoms with E-state index in [4.69, 9.17) is 10.2 Å². The van der Waals surface area contributed by atoms with Crippen LogP contribution in [0.25, 0.3) is 0 Å². The number of rotatable bonds is 7. The van der Waals surface area contributed by atoms with Crippen LogP contribution >= 0.6 is 11.3 Å². The van der Waals surface area contributed by atoms with Crippen LogP contribution in [-0.2, 0) is 26.0 Å². The first-order chi connectivity index (χ1) is 9.21. The second-order valence-corrected chi connectivity index (χ2v) is 6.44. The molecule has 4 N–H and O–H groups in total. The molecule has 0 aliphatic rings. The first-order valence-corrected chi connectivity index (χ1v) is 8.03. The Labute approximate surface area is 118 Å². The van der Waals surface area contributed by atoms with E-state index in [1.54, 1.807) is 0 Å². The van der Waals surface area contributed by atoms with E-state index in [9.17, 15) is 18.0 Å². The number of carboxylic acids is 1. The standard InChI is InChI=1S/C9H13N3O6S2/c1-20(17,18)12-9-10-5(4-19-9)2-7(14)11-6(3-13)8(15)16/h4,6,13H,2-3H2,1H3,(H,10,12)(H,11,14)(H,15,16). The predicted molar refractivity (Wildman–Crippen MR) is 70.9 cm³/mol. The van der Waals surface area contributed by atoms with Gasteiger partial charge in [-0.25, -0.2) is 18.2 Å². The summed E-state index contributed by atoms with van der Waals surface area (Å²) in [5, 5.41) is 21.1. The highest BCUT2D eigenvalue weighted by molar-refractivity contribution is 7.92. The predicted octanol–water partition coefficient (Wildman–Crippen LogP) is -1.38. The van der Waals surface area contributed by atoms with Gasteiger partial charge in [0.1, 0.15) is 6.04 Å². The summed E-state index contributed by atoms with van der Waals surface area (Å²) in [6.45, 7) is -0.723. The van der Waals surface area contributed by atoms with Crippen molar-refractivity contribution < 1.29 is 28.2 Å². The van der Waals surface area contributed by atoms with Gasteiger partial charge in [0.05, 0.1) is 25.0 Å². The zero-order chi connectivity index (χ0) is 15.3. The molecular formula is C9H13N3O6S2. The highest BCUT2D eigenvalue weighted by Gasteiger charge is 2.19. The van der Waals surface area contributed by atoms with E-state index in [2.05, 4.69) is 15.0 Å². The van der Waals surface area contributed by atoms with E-state index in [1.807, 2.05) is 0 Å². The van der Waals surface area contributed by atoms with Crippen molar-refractivity contribution in [2.75, 3.05) is 17.6 Å². The maximum absolute atomic E-state index is 11.5. The second kappa shape index (κ2) is 6.63. The van der Waals surface area contributed by atoms with E-state index < -0.39 is 34.5 Å². The quantitative estimate of drug-likeness (QED) is 0.483. The maximum Gasteiger partial charge on any atom is 0.328 e. The minimum absolute atomic E-state index is 0.118. The number of nitrogens with zero attached hydrogens (tertiary/aromatic N) is 1. The fourth-order valence-corrected chi connectivity index (χ4v) is 2.75. The number of anilines is 1. The number of carboxylic acid groups (broad SMARTS) is 1. The van der Waals surface area contributed by atoms with Crippen LogP contribution in [0.4, 0.5) is 5.13 Å². The molecule has 0 saturated heterocycles. The number of aliphatic carboxylic acids is 1. The van der Waals surface area contributed by atoms with Crippen molar-refractivity contribution in [2.24, 2.45) is 0 Å². The molecule has 1 atom stereocenters. The lowest BCUT2D eigenvalue weighted by Gasteiger charge is -2.10. The molecule has 0 aromatic carbocycles. The van der Waals surface area contributed by atoms with Gasteiger partial charge < -0.3 is 15.5 Å². The minimum Gasteiger partial charge on any atom is -0.480 e. The minimum atomic E-state index is -3.44. The molecule has 1 aromatic rings. The lowest BCUT2D eigenvalue weighted by atomic mass is 10.2. The fourth-order valence-electron chi connectivity index (χ4n) is 1.19. The van der Waals surface area contributed by atoms with Crippen molar-refractivity contribution >= 4 is 38.4 Å². The zero-order valence-corrected chi connectivity index (χ0v) is 12.0. The van der Waals surface area contributed by atoms with Crippen molar-refractivity contribution in [3.05, 3.63) is 11.1 Å². The number of amides is 1. The van der Waals surface area contributed by atoms with Gasteiger partial charge in [-0.05, 0) is 0 Å². The van der Waals surface area contributed by atoms with Gasteiger partial charge in [-0.3, -0.25) is 9.52 Å². The van der Waals surface area contributed by atoms with E-state index in [1.165, 1.54) is 5.38 Å². The van der Waals surface area contributed by atoms with Crippen LogP contribution in [0, 0.1) is 0 Å². The number of hydrogen-bond acceptors (Lipinski definition) is 7. The molecule has 0 aliphatic carbocycles. The monoisotopic (exact) mass is 323 g/mol. The smallest absolute Gasteiger partial charge is 0.328 e. The summed E-state index contributed by atoms with van der Waals surface area (Å²) >= 11 is 1.00. The van der Waals surface area contributed by atoms with Gasteiger partial charge in [0.15, 0.2) is 5.13 Å². The lowest BCUT2D eigenvalue weighted by Crippen LogP contribution is -2.43. The maximum atomic E-state index is 11.5. The largest absolute Gasteiger partial charge is 0.480 e. The Balaban J connectivity index is 2.61. The fraction of sp³-hybridized carbons (Fsp3) is 0.444. The zero-order valence-electron chi connectivity index (χ0n) is 10.4. The van der Waals surface area contributed by atoms with E-state index in [0.717, 1.165) is 17.6 Å². The van der Waals surface area contributed by atoms with Crippen molar-refractivity contribution in [2.45, 2.75) is 12.5 Å². The number of hydrogen-bond donors (Lipinski definition) is 4. The Morgan fingerprint density at radius 3 is 2.65 bits per heavy atom. The third-order valence-electron chi connectivity index (χ3n) is 1.98. The molecule has 1 aromatic heterocycles. The number of aliphatic hydroxyl groups is 1. The van der Waals surface area contributed by atoms with Gasteiger partial charge in [-0.2, -0.15) is 0 Å². The molecule has 11 heteroatoms. The molecule has 9 nitrogen and oxygen atoms in total. The van der Waals surface area contributed by atoms with Crippen LogP contribution in [0.2, 0.25) is 0 Å². The van der Waals surface area contributed by atoms with Crippen molar-refractivity contribution in [1.82, 2.24) is 10.3 Å². The molecule has 1 rings (SSSR count). The Hall–Kier alpha value is -1.72. The Morgan fingerprint density at radius 1 is 1.50 bits per heavy atom. The van der Waals surface area contributed by atoms with Crippen LogP contribution in [0.5, 0.6) is 0 Å². The summed E-state index contributed by atoms with van der Waals surface area (Å²) in [4.78, 5) is 26.0. The molecule has 0 radical (unpaired) electrons. The summed E-state index contributed by atoms with van der Waals surface area (Å²) in [6, 6.07) is -1.38. The number of carbonyl (C=O) groups is 2. The molecule has 20 heavy (non-hydrogen) atoms. The first kappa shape index (κ1) is 16.3. The average Bonchev–Trinajstić information content (AvgIpc) is 2.70. The van der Waals surface area contributed by atoms with Gasteiger partial charge >= 0.3 is 5.97 Å². The summed E-state index contributed by atoms with van der Waals surface area (Å²) in [6.07, 6.45) is 0.755. The third-order valence-corrected chi connectivity index (χ3v) is 3.48. The molecule has 1 unspecified atom stereocenters. The molecule has 1 amide bonds. The van der Waals surface area contributed by atoms with Gasteiger partial charge in [0, 0.05) is 5.38 Å². The topological polar surface area (TPSA) is 146 Å². The van der Waals surface area contributed by atoms with Crippen LogP contribution in [0.15, 0.2) is 5.38 Å². The molecule has 0 saturated carbocycles. The number of thiazole rings is 1. The van der Waals surface area contributed by atoms with Crippen molar-refractivity contribution in [3.8, 4) is 0 Å².